The zero-order valence-corrected chi connectivity index (χ0v) is 10.4. The first kappa shape index (κ1) is 15.3. The predicted octanol–water partition coefficient (Wildman–Crippen LogP) is 2.65. The molecule has 1 rings (SSSR count). The molecule has 1 aromatic carbocycles. The van der Waals surface area contributed by atoms with Crippen LogP contribution >= 0.6 is 0 Å². The number of rotatable bonds is 5. The zero-order valence-electron chi connectivity index (χ0n) is 10.4. The second-order valence-corrected chi connectivity index (χ2v) is 3.94. The van der Waals surface area contributed by atoms with Crippen molar-refractivity contribution in [3.05, 3.63) is 30.3 Å². The molecule has 4 N–H and O–H groups in total. The van der Waals surface area contributed by atoms with Crippen LogP contribution in [-0.2, 0) is 0 Å². The molecular weight excluding hydrogens is 257 g/mol. The maximum absolute atomic E-state index is 11.9. The molecule has 7 heteroatoms. The highest BCUT2D eigenvalue weighted by Crippen LogP contribution is 2.21. The summed E-state index contributed by atoms with van der Waals surface area (Å²) in [6, 6.07) is 9.22. The largest absolute Gasteiger partial charge is 0.389 e. The lowest BCUT2D eigenvalue weighted by atomic mass is 10.2. The van der Waals surface area contributed by atoms with Crippen LogP contribution in [0, 0.1) is 0 Å². The number of unbranched alkanes of at least 4 members (excludes halogenated alkanes) is 1. The van der Waals surface area contributed by atoms with Gasteiger partial charge in [0.25, 0.3) is 0 Å². The minimum absolute atomic E-state index is 0.0657. The van der Waals surface area contributed by atoms with Gasteiger partial charge in [-0.25, -0.2) is 5.84 Å². The third kappa shape index (κ3) is 7.30. The summed E-state index contributed by atoms with van der Waals surface area (Å²) in [4.78, 5) is 4.06. The van der Waals surface area contributed by atoms with Crippen LogP contribution in [0.2, 0.25) is 0 Å². The van der Waals surface area contributed by atoms with E-state index in [4.69, 9.17) is 5.84 Å². The van der Waals surface area contributed by atoms with Crippen molar-refractivity contribution in [1.82, 2.24) is 5.43 Å². The Hall–Kier alpha value is -1.76. The molecule has 106 valence electrons. The Kier molecular flexibility index (Phi) is 6.14. The average molecular weight is 274 g/mol. The van der Waals surface area contributed by atoms with Crippen LogP contribution in [0.1, 0.15) is 19.3 Å². The molecule has 0 aliphatic rings. The summed E-state index contributed by atoms with van der Waals surface area (Å²) in [5.41, 5.74) is 3.17. The number of nitrogens with one attached hydrogen (secondary N) is 2. The first-order chi connectivity index (χ1) is 9.01. The molecule has 0 heterocycles. The van der Waals surface area contributed by atoms with Gasteiger partial charge in [0.2, 0.25) is 5.96 Å². The summed E-state index contributed by atoms with van der Waals surface area (Å²) in [7, 11) is 0. The predicted molar refractivity (Wildman–Crippen MR) is 69.6 cm³/mol. The standard InChI is InChI=1S/C12H17F3N4/c13-12(14,15)8-4-5-9-17-11(19-16)18-10-6-2-1-3-7-10/h1-3,6-7H,4-5,8-9,16H2,(H2,17,18,19). The van der Waals surface area contributed by atoms with Crippen LogP contribution in [0.5, 0.6) is 0 Å². The van der Waals surface area contributed by atoms with Crippen LogP contribution in [0.3, 0.4) is 0 Å². The number of hydrogen-bond donors (Lipinski definition) is 3. The molecule has 0 bridgehead atoms. The lowest BCUT2D eigenvalue weighted by Crippen LogP contribution is -2.36. The van der Waals surface area contributed by atoms with Crippen LogP contribution in [-0.4, -0.2) is 18.7 Å². The Morgan fingerprint density at radius 3 is 2.42 bits per heavy atom. The second kappa shape index (κ2) is 7.63. The summed E-state index contributed by atoms with van der Waals surface area (Å²) in [6.07, 6.45) is -4.45. The van der Waals surface area contributed by atoms with Crippen molar-refractivity contribution in [1.29, 1.82) is 0 Å². The van der Waals surface area contributed by atoms with E-state index >= 15 is 0 Å². The summed E-state index contributed by atoms with van der Waals surface area (Å²) in [6.45, 7) is 0.287. The van der Waals surface area contributed by atoms with E-state index in [1.165, 1.54) is 0 Å². The number of guanidine groups is 1. The van der Waals surface area contributed by atoms with Gasteiger partial charge in [0.1, 0.15) is 0 Å². The highest BCUT2D eigenvalue weighted by atomic mass is 19.4. The monoisotopic (exact) mass is 274 g/mol. The number of hydrazine groups is 1. The van der Waals surface area contributed by atoms with E-state index in [2.05, 4.69) is 15.7 Å². The Morgan fingerprint density at radius 2 is 1.84 bits per heavy atom. The van der Waals surface area contributed by atoms with Gasteiger partial charge in [-0.3, -0.25) is 10.4 Å². The van der Waals surface area contributed by atoms with Gasteiger partial charge >= 0.3 is 6.18 Å². The minimum Gasteiger partial charge on any atom is -0.325 e. The first-order valence-corrected chi connectivity index (χ1v) is 5.91. The lowest BCUT2D eigenvalue weighted by molar-refractivity contribution is -0.135. The van der Waals surface area contributed by atoms with E-state index < -0.39 is 12.6 Å². The number of alkyl halides is 3. The Labute approximate surface area is 109 Å². The number of benzene rings is 1. The van der Waals surface area contributed by atoms with E-state index in [1.807, 2.05) is 30.3 Å². The number of anilines is 1. The third-order valence-corrected chi connectivity index (χ3v) is 2.31. The molecule has 0 saturated heterocycles. The van der Waals surface area contributed by atoms with Gasteiger partial charge in [0, 0.05) is 18.7 Å². The van der Waals surface area contributed by atoms with E-state index in [9.17, 15) is 13.2 Å². The fraction of sp³-hybridized carbons (Fsp3) is 0.417. The maximum atomic E-state index is 11.9. The fourth-order valence-corrected chi connectivity index (χ4v) is 1.41. The summed E-state index contributed by atoms with van der Waals surface area (Å²) in [5.74, 6) is 5.61. The Bertz CT molecular complexity index is 390. The van der Waals surface area contributed by atoms with Crippen molar-refractivity contribution in [2.45, 2.75) is 25.4 Å². The maximum Gasteiger partial charge on any atom is 0.389 e. The van der Waals surface area contributed by atoms with Gasteiger partial charge in [-0.2, -0.15) is 13.2 Å². The number of halogens is 3. The first-order valence-electron chi connectivity index (χ1n) is 5.91. The average Bonchev–Trinajstić information content (AvgIpc) is 2.37. The van der Waals surface area contributed by atoms with Crippen molar-refractivity contribution in [2.24, 2.45) is 10.8 Å². The Morgan fingerprint density at radius 1 is 1.16 bits per heavy atom. The van der Waals surface area contributed by atoms with Gasteiger partial charge in [-0.15, -0.1) is 0 Å². The molecule has 0 fully saturated rings. The van der Waals surface area contributed by atoms with Crippen LogP contribution in [0.15, 0.2) is 35.3 Å². The molecule has 4 nitrogen and oxygen atoms in total. The molecule has 0 aliphatic heterocycles. The highest BCUT2D eigenvalue weighted by Gasteiger charge is 2.25. The van der Waals surface area contributed by atoms with Crippen molar-refractivity contribution < 1.29 is 13.2 Å². The molecule has 0 spiro atoms. The fourth-order valence-electron chi connectivity index (χ4n) is 1.41. The molecule has 0 aliphatic carbocycles. The molecule has 0 unspecified atom stereocenters. The number of nitrogens with zero attached hydrogens (tertiary/aromatic N) is 1. The van der Waals surface area contributed by atoms with E-state index in [1.54, 1.807) is 0 Å². The molecule has 19 heavy (non-hydrogen) atoms. The molecule has 0 aromatic heterocycles. The topological polar surface area (TPSA) is 62.4 Å². The van der Waals surface area contributed by atoms with Crippen molar-refractivity contribution in [3.63, 3.8) is 0 Å². The number of hydrogen-bond acceptors (Lipinski definition) is 2. The molecule has 1 aromatic rings. The number of para-hydroxylation sites is 1. The van der Waals surface area contributed by atoms with Gasteiger partial charge in [0.05, 0.1) is 0 Å². The summed E-state index contributed by atoms with van der Waals surface area (Å²) >= 11 is 0. The molecule has 0 atom stereocenters. The number of nitrogens with two attached hydrogens (primary N) is 1. The van der Waals surface area contributed by atoms with Crippen molar-refractivity contribution in [3.8, 4) is 0 Å². The van der Waals surface area contributed by atoms with Crippen LogP contribution in [0.25, 0.3) is 0 Å². The highest BCUT2D eigenvalue weighted by molar-refractivity contribution is 5.93. The minimum atomic E-state index is -4.10. The van der Waals surface area contributed by atoms with E-state index in [0.717, 1.165) is 5.69 Å². The van der Waals surface area contributed by atoms with Gasteiger partial charge in [-0.1, -0.05) is 18.2 Å². The molecule has 0 amide bonds. The third-order valence-electron chi connectivity index (χ3n) is 2.31. The molecule has 0 radical (unpaired) electrons. The number of aliphatic imine (C=N–C) groups is 1. The zero-order chi connectivity index (χ0) is 14.1. The van der Waals surface area contributed by atoms with Crippen LogP contribution in [0.4, 0.5) is 18.9 Å². The Balaban J connectivity index is 2.33. The SMILES string of the molecule is NNC(=NCCCCC(F)(F)F)Nc1ccccc1. The molecular formula is C12H17F3N4. The molecule has 0 saturated carbocycles. The van der Waals surface area contributed by atoms with E-state index in [0.29, 0.717) is 12.4 Å². The van der Waals surface area contributed by atoms with Gasteiger partial charge < -0.3 is 5.32 Å². The van der Waals surface area contributed by atoms with Gasteiger partial charge in [-0.05, 0) is 25.0 Å². The smallest absolute Gasteiger partial charge is 0.325 e. The second-order valence-electron chi connectivity index (χ2n) is 3.94. The van der Waals surface area contributed by atoms with Crippen LogP contribution < -0.4 is 16.6 Å². The summed E-state index contributed by atoms with van der Waals surface area (Å²) < 4.78 is 35.7. The quantitative estimate of drug-likeness (QED) is 0.254. The van der Waals surface area contributed by atoms with Crippen molar-refractivity contribution in [2.75, 3.05) is 11.9 Å². The van der Waals surface area contributed by atoms with Gasteiger partial charge in [0.15, 0.2) is 0 Å². The van der Waals surface area contributed by atoms with Crippen molar-refractivity contribution >= 4 is 11.6 Å². The normalized spacial score (nSPS) is 12.3. The van der Waals surface area contributed by atoms with E-state index in [-0.39, 0.29) is 13.0 Å². The summed E-state index contributed by atoms with van der Waals surface area (Å²) in [5, 5.41) is 2.93. The lowest BCUT2D eigenvalue weighted by Gasteiger charge is -2.09.